The molecule has 0 heterocycles. The number of nitrogens with zero attached hydrogens (tertiary/aromatic N) is 1. The summed E-state index contributed by atoms with van der Waals surface area (Å²) in [5.41, 5.74) is -1.13. The van der Waals surface area contributed by atoms with Gasteiger partial charge in [0.15, 0.2) is 0 Å². The van der Waals surface area contributed by atoms with Crippen LogP contribution >= 0.6 is 0 Å². The molecule has 1 aromatic rings. The minimum absolute atomic E-state index is 0.118. The number of halogens is 2. The van der Waals surface area contributed by atoms with Gasteiger partial charge in [-0.25, -0.2) is 4.39 Å². The molecule has 0 unspecified atom stereocenters. The van der Waals surface area contributed by atoms with Crippen LogP contribution in [0.2, 0.25) is 0 Å². The van der Waals surface area contributed by atoms with E-state index >= 15 is 0 Å². The minimum Gasteiger partial charge on any atom is -0.314 e. The monoisotopic (exact) mass is 244 g/mol. The molecular weight excluding hydrogens is 230 g/mol. The van der Waals surface area contributed by atoms with E-state index in [-0.39, 0.29) is 12.0 Å². The van der Waals surface area contributed by atoms with Gasteiger partial charge in [-0.2, -0.15) is 4.39 Å². The lowest BCUT2D eigenvalue weighted by Gasteiger charge is -2.24. The lowest BCUT2D eigenvalue weighted by molar-refractivity contribution is -0.387. The first-order valence-electron chi connectivity index (χ1n) is 5.08. The van der Waals surface area contributed by atoms with Gasteiger partial charge in [-0.15, -0.1) is 0 Å². The number of benzene rings is 1. The molecule has 0 saturated heterocycles. The highest BCUT2D eigenvalue weighted by Gasteiger charge is 2.22. The lowest BCUT2D eigenvalue weighted by atomic mass is 9.94. The molecule has 94 valence electrons. The summed E-state index contributed by atoms with van der Waals surface area (Å²) in [7, 11) is 1.71. The summed E-state index contributed by atoms with van der Waals surface area (Å²) in [4.78, 5) is 9.47. The second-order valence-electron chi connectivity index (χ2n) is 4.46. The number of nitro benzene ring substituents is 1. The third kappa shape index (κ3) is 3.20. The fourth-order valence-corrected chi connectivity index (χ4v) is 1.42. The maximum absolute atomic E-state index is 13.6. The van der Waals surface area contributed by atoms with Gasteiger partial charge in [-0.1, -0.05) is 0 Å². The van der Waals surface area contributed by atoms with Gasteiger partial charge in [0.25, 0.3) is 0 Å². The van der Waals surface area contributed by atoms with Crippen molar-refractivity contribution in [2.45, 2.75) is 25.8 Å². The largest absolute Gasteiger partial charge is 0.314 e. The van der Waals surface area contributed by atoms with Crippen molar-refractivity contribution in [3.8, 4) is 0 Å². The summed E-state index contributed by atoms with van der Waals surface area (Å²) in [6, 6.07) is 1.50. The minimum atomic E-state index is -1.02. The molecule has 0 aromatic heterocycles. The molecule has 0 radical (unpaired) electrons. The summed E-state index contributed by atoms with van der Waals surface area (Å²) in [5, 5.41) is 13.4. The van der Waals surface area contributed by atoms with Crippen LogP contribution in [0.5, 0.6) is 0 Å². The van der Waals surface area contributed by atoms with Crippen molar-refractivity contribution in [3.05, 3.63) is 39.4 Å². The van der Waals surface area contributed by atoms with Crippen LogP contribution in [0.4, 0.5) is 14.5 Å². The highest BCUT2D eigenvalue weighted by molar-refractivity contribution is 5.36. The number of nitro groups is 1. The first-order valence-corrected chi connectivity index (χ1v) is 5.08. The van der Waals surface area contributed by atoms with Crippen LogP contribution in [0, 0.1) is 21.7 Å². The quantitative estimate of drug-likeness (QED) is 0.653. The molecule has 1 rings (SSSR count). The van der Waals surface area contributed by atoms with Crippen molar-refractivity contribution in [2.24, 2.45) is 0 Å². The van der Waals surface area contributed by atoms with Crippen molar-refractivity contribution in [1.29, 1.82) is 0 Å². The van der Waals surface area contributed by atoms with Crippen LogP contribution in [0.3, 0.4) is 0 Å². The van der Waals surface area contributed by atoms with Gasteiger partial charge in [-0.05, 0) is 38.9 Å². The Morgan fingerprint density at radius 2 is 1.94 bits per heavy atom. The first-order chi connectivity index (χ1) is 7.76. The Morgan fingerprint density at radius 1 is 1.35 bits per heavy atom. The van der Waals surface area contributed by atoms with E-state index in [1.54, 1.807) is 7.05 Å². The number of rotatable bonds is 4. The van der Waals surface area contributed by atoms with Gasteiger partial charge in [0.1, 0.15) is 5.82 Å². The van der Waals surface area contributed by atoms with Crippen LogP contribution in [-0.2, 0) is 6.42 Å². The maximum atomic E-state index is 13.6. The zero-order valence-electron chi connectivity index (χ0n) is 9.88. The second-order valence-corrected chi connectivity index (χ2v) is 4.46. The van der Waals surface area contributed by atoms with Crippen LogP contribution in [0.15, 0.2) is 12.1 Å². The average Bonchev–Trinajstić information content (AvgIpc) is 2.22. The Hall–Kier alpha value is -1.56. The van der Waals surface area contributed by atoms with E-state index in [4.69, 9.17) is 0 Å². The van der Waals surface area contributed by atoms with Crippen LogP contribution in [-0.4, -0.2) is 17.5 Å². The van der Waals surface area contributed by atoms with Crippen molar-refractivity contribution < 1.29 is 13.7 Å². The fourth-order valence-electron chi connectivity index (χ4n) is 1.42. The van der Waals surface area contributed by atoms with E-state index in [1.807, 2.05) is 13.8 Å². The maximum Gasteiger partial charge on any atom is 0.307 e. The van der Waals surface area contributed by atoms with Gasteiger partial charge < -0.3 is 5.32 Å². The predicted octanol–water partition coefficient (Wildman–Crippen LogP) is 2.41. The molecule has 0 fully saturated rings. The van der Waals surface area contributed by atoms with E-state index in [9.17, 15) is 18.9 Å². The van der Waals surface area contributed by atoms with E-state index < -0.39 is 27.8 Å². The molecule has 0 bridgehead atoms. The molecule has 0 aliphatic carbocycles. The first kappa shape index (κ1) is 13.5. The summed E-state index contributed by atoms with van der Waals surface area (Å²) < 4.78 is 26.9. The molecule has 0 aliphatic heterocycles. The molecule has 17 heavy (non-hydrogen) atoms. The molecule has 0 saturated carbocycles. The second kappa shape index (κ2) is 4.75. The Bertz CT molecular complexity index is 447. The average molecular weight is 244 g/mol. The molecule has 0 amide bonds. The SMILES string of the molecule is CNC(C)(C)Cc1cc(F)c([N+](=O)[O-])cc1F. The smallest absolute Gasteiger partial charge is 0.307 e. The van der Waals surface area contributed by atoms with Crippen LogP contribution < -0.4 is 5.32 Å². The van der Waals surface area contributed by atoms with E-state index in [0.717, 1.165) is 6.07 Å². The van der Waals surface area contributed by atoms with Crippen molar-refractivity contribution in [3.63, 3.8) is 0 Å². The highest BCUT2D eigenvalue weighted by atomic mass is 19.1. The molecule has 4 nitrogen and oxygen atoms in total. The standard InChI is InChI=1S/C11H14F2N2O2/c1-11(2,14-3)6-7-4-9(13)10(15(16)17)5-8(7)12/h4-5,14H,6H2,1-3H3. The van der Waals surface area contributed by atoms with E-state index in [2.05, 4.69) is 5.32 Å². The molecule has 6 heteroatoms. The van der Waals surface area contributed by atoms with Crippen LogP contribution in [0.1, 0.15) is 19.4 Å². The Labute approximate surface area is 97.8 Å². The van der Waals surface area contributed by atoms with Crippen molar-refractivity contribution in [1.82, 2.24) is 5.32 Å². The number of likely N-dealkylation sites (N-methyl/N-ethyl adjacent to an activating group) is 1. The van der Waals surface area contributed by atoms with Gasteiger partial charge in [-0.3, -0.25) is 10.1 Å². The topological polar surface area (TPSA) is 55.2 Å². The fraction of sp³-hybridized carbons (Fsp3) is 0.455. The highest BCUT2D eigenvalue weighted by Crippen LogP contribution is 2.24. The van der Waals surface area contributed by atoms with Gasteiger partial charge in [0.2, 0.25) is 5.82 Å². The van der Waals surface area contributed by atoms with Gasteiger partial charge >= 0.3 is 5.69 Å². The number of hydrogen-bond donors (Lipinski definition) is 1. The number of nitrogens with one attached hydrogen (secondary N) is 1. The summed E-state index contributed by atoms with van der Waals surface area (Å²) in [6.45, 7) is 3.65. The zero-order valence-corrected chi connectivity index (χ0v) is 9.88. The molecule has 1 N–H and O–H groups in total. The van der Waals surface area contributed by atoms with E-state index in [0.29, 0.717) is 6.07 Å². The summed E-state index contributed by atoms with van der Waals surface area (Å²) in [5.74, 6) is -1.78. The normalized spacial score (nSPS) is 11.6. The third-order valence-corrected chi connectivity index (χ3v) is 2.62. The van der Waals surface area contributed by atoms with Crippen molar-refractivity contribution in [2.75, 3.05) is 7.05 Å². The van der Waals surface area contributed by atoms with Gasteiger partial charge in [0, 0.05) is 5.54 Å². The Balaban J connectivity index is 3.12. The summed E-state index contributed by atoms with van der Waals surface area (Å²) >= 11 is 0. The lowest BCUT2D eigenvalue weighted by Crippen LogP contribution is -2.38. The molecule has 1 aromatic carbocycles. The Kier molecular flexibility index (Phi) is 3.77. The van der Waals surface area contributed by atoms with Gasteiger partial charge in [0.05, 0.1) is 11.0 Å². The Morgan fingerprint density at radius 3 is 2.41 bits per heavy atom. The zero-order chi connectivity index (χ0) is 13.2. The van der Waals surface area contributed by atoms with Crippen LogP contribution in [0.25, 0.3) is 0 Å². The number of hydrogen-bond acceptors (Lipinski definition) is 3. The predicted molar refractivity (Wildman–Crippen MR) is 59.9 cm³/mol. The van der Waals surface area contributed by atoms with Crippen molar-refractivity contribution >= 4 is 5.69 Å². The molecule has 0 aliphatic rings. The third-order valence-electron chi connectivity index (χ3n) is 2.62. The summed E-state index contributed by atoms with van der Waals surface area (Å²) in [6.07, 6.45) is 0.240. The molecular formula is C11H14F2N2O2. The molecule has 0 atom stereocenters. The molecule has 0 spiro atoms. The van der Waals surface area contributed by atoms with E-state index in [1.165, 1.54) is 0 Å².